The number of halogens is 2. The lowest BCUT2D eigenvalue weighted by Crippen LogP contribution is -2.55. The maximum Gasteiger partial charge on any atom is 0.408 e. The first-order chi connectivity index (χ1) is 24.2. The highest BCUT2D eigenvalue weighted by atomic mass is 19.1. The van der Waals surface area contributed by atoms with Crippen LogP contribution in [0.3, 0.4) is 0 Å². The van der Waals surface area contributed by atoms with Gasteiger partial charge in [0.15, 0.2) is 5.82 Å². The third kappa shape index (κ3) is 7.84. The van der Waals surface area contributed by atoms with E-state index in [1.54, 1.807) is 77.1 Å². The molecule has 0 saturated carbocycles. The number of hydrogen-bond donors (Lipinski definition) is 3. The highest BCUT2D eigenvalue weighted by Gasteiger charge is 2.38. The van der Waals surface area contributed by atoms with Crippen molar-refractivity contribution in [1.29, 1.82) is 0 Å². The van der Waals surface area contributed by atoms with Crippen molar-refractivity contribution < 1.29 is 37.4 Å². The van der Waals surface area contributed by atoms with Crippen LogP contribution in [0.1, 0.15) is 61.8 Å². The second-order valence-electron chi connectivity index (χ2n) is 13.0. The second-order valence-corrected chi connectivity index (χ2v) is 13.0. The fourth-order valence-corrected chi connectivity index (χ4v) is 5.62. The molecule has 0 spiro atoms. The van der Waals surface area contributed by atoms with Crippen LogP contribution < -0.4 is 25.4 Å². The van der Waals surface area contributed by atoms with Gasteiger partial charge in [0.1, 0.15) is 45.7 Å². The van der Waals surface area contributed by atoms with E-state index in [1.165, 1.54) is 25.2 Å². The van der Waals surface area contributed by atoms with Gasteiger partial charge in [0.05, 0.1) is 38.6 Å². The molecule has 3 N–H and O–H groups in total. The third-order valence-electron chi connectivity index (χ3n) is 8.13. The van der Waals surface area contributed by atoms with Crippen molar-refractivity contribution in [2.75, 3.05) is 26.1 Å². The molecule has 0 aliphatic carbocycles. The van der Waals surface area contributed by atoms with Gasteiger partial charge in [-0.05, 0) is 76.6 Å². The quantitative estimate of drug-likeness (QED) is 0.166. The summed E-state index contributed by atoms with van der Waals surface area (Å²) in [4.78, 5) is 50.4. The molecule has 0 saturated heterocycles. The number of carbonyl (C=O) groups is 3. The van der Waals surface area contributed by atoms with Gasteiger partial charge in [-0.1, -0.05) is 18.2 Å². The number of anilines is 2. The zero-order valence-electron chi connectivity index (χ0n) is 29.4. The molecule has 0 fully saturated rings. The van der Waals surface area contributed by atoms with Crippen LogP contribution in [0, 0.1) is 11.6 Å². The van der Waals surface area contributed by atoms with Crippen LogP contribution in [0.15, 0.2) is 60.7 Å². The minimum atomic E-state index is -1.51. The summed E-state index contributed by atoms with van der Waals surface area (Å²) in [6.07, 6.45) is -0.779. The summed E-state index contributed by atoms with van der Waals surface area (Å²) in [5.41, 5.74) is -0.783. The van der Waals surface area contributed by atoms with Crippen LogP contribution in [0.5, 0.6) is 11.5 Å². The van der Waals surface area contributed by atoms with Crippen molar-refractivity contribution in [2.45, 2.75) is 58.8 Å². The summed E-state index contributed by atoms with van der Waals surface area (Å²) < 4.78 is 46.2. The molecule has 51 heavy (non-hydrogen) atoms. The number of aromatic nitrogens is 2. The number of nitrogens with zero attached hydrogens (tertiary/aromatic N) is 3. The fraction of sp³-hybridized carbons (Fsp3) is 0.324. The van der Waals surface area contributed by atoms with Gasteiger partial charge in [0.2, 0.25) is 5.91 Å². The third-order valence-corrected chi connectivity index (χ3v) is 8.13. The maximum atomic E-state index is 15.0. The number of likely N-dealkylation sites (N-methyl/N-ethyl adjacent to an activating group) is 1. The molecule has 2 heterocycles. The highest BCUT2D eigenvalue weighted by Crippen LogP contribution is 2.35. The Morgan fingerprint density at radius 3 is 2.22 bits per heavy atom. The van der Waals surface area contributed by atoms with Gasteiger partial charge in [0.25, 0.3) is 5.91 Å². The SMILES string of the molecule is CCNC(=O)C(C)(NC(=O)OC(C)(C)C)c1ccc(Nc2nc(-c3c(F)cccc3F)nc3c2C(=O)N(Cc2ccc(OC)cc2OC)C3)cc1. The van der Waals surface area contributed by atoms with E-state index >= 15 is 0 Å². The smallest absolute Gasteiger partial charge is 0.408 e. The van der Waals surface area contributed by atoms with E-state index in [4.69, 9.17) is 14.2 Å². The molecule has 4 aromatic rings. The van der Waals surface area contributed by atoms with Crippen LogP contribution in [0.2, 0.25) is 0 Å². The molecule has 1 aromatic heterocycles. The average molecular weight is 703 g/mol. The summed E-state index contributed by atoms with van der Waals surface area (Å²) in [7, 11) is 3.05. The number of hydrogen-bond acceptors (Lipinski definition) is 9. The molecule has 3 aromatic carbocycles. The number of nitrogens with one attached hydrogen (secondary N) is 3. The van der Waals surface area contributed by atoms with E-state index in [0.717, 1.165) is 12.1 Å². The molecular formula is C37H40F2N6O6. The zero-order chi connectivity index (χ0) is 37.1. The Balaban J connectivity index is 1.51. The molecule has 268 valence electrons. The first-order valence-electron chi connectivity index (χ1n) is 16.2. The Morgan fingerprint density at radius 1 is 0.922 bits per heavy atom. The Bertz CT molecular complexity index is 1950. The molecule has 0 bridgehead atoms. The van der Waals surface area contributed by atoms with Crippen molar-refractivity contribution in [2.24, 2.45) is 0 Å². The highest BCUT2D eigenvalue weighted by molar-refractivity contribution is 6.03. The van der Waals surface area contributed by atoms with Gasteiger partial charge >= 0.3 is 6.09 Å². The number of ether oxygens (including phenoxy) is 3. The minimum Gasteiger partial charge on any atom is -0.497 e. The molecular weight excluding hydrogens is 662 g/mol. The predicted octanol–water partition coefficient (Wildman–Crippen LogP) is 6.21. The van der Waals surface area contributed by atoms with Gasteiger partial charge in [-0.25, -0.2) is 23.5 Å². The molecule has 1 atom stereocenters. The number of alkyl carbamates (subject to hydrolysis) is 1. The summed E-state index contributed by atoms with van der Waals surface area (Å²) in [5, 5.41) is 8.54. The lowest BCUT2D eigenvalue weighted by molar-refractivity contribution is -0.127. The number of rotatable bonds is 11. The van der Waals surface area contributed by atoms with Crippen LogP contribution in [-0.2, 0) is 28.2 Å². The topological polar surface area (TPSA) is 144 Å². The zero-order valence-corrected chi connectivity index (χ0v) is 29.4. The summed E-state index contributed by atoms with van der Waals surface area (Å²) in [6.45, 7) is 8.96. The van der Waals surface area contributed by atoms with Gasteiger partial charge in [-0.3, -0.25) is 9.59 Å². The number of benzene rings is 3. The van der Waals surface area contributed by atoms with E-state index in [0.29, 0.717) is 34.9 Å². The first-order valence-corrected chi connectivity index (χ1v) is 16.2. The largest absolute Gasteiger partial charge is 0.497 e. The van der Waals surface area contributed by atoms with E-state index in [1.807, 2.05) is 0 Å². The lowest BCUT2D eigenvalue weighted by atomic mass is 9.90. The van der Waals surface area contributed by atoms with Gasteiger partial charge in [-0.15, -0.1) is 0 Å². The van der Waals surface area contributed by atoms with E-state index in [-0.39, 0.29) is 36.0 Å². The van der Waals surface area contributed by atoms with Crippen LogP contribution >= 0.6 is 0 Å². The number of fused-ring (bicyclic) bond motifs is 1. The molecule has 1 unspecified atom stereocenters. The average Bonchev–Trinajstić information content (AvgIpc) is 3.38. The summed E-state index contributed by atoms with van der Waals surface area (Å²) in [5.74, 6) is -1.72. The van der Waals surface area contributed by atoms with Gasteiger partial charge in [0, 0.05) is 23.9 Å². The molecule has 1 aliphatic rings. The van der Waals surface area contributed by atoms with Crippen molar-refractivity contribution in [3.63, 3.8) is 0 Å². The van der Waals surface area contributed by atoms with Crippen LogP contribution in [-0.4, -0.2) is 59.1 Å². The molecule has 3 amide bonds. The predicted molar refractivity (Wildman–Crippen MR) is 186 cm³/mol. The van der Waals surface area contributed by atoms with Crippen molar-refractivity contribution in [1.82, 2.24) is 25.5 Å². The monoisotopic (exact) mass is 702 g/mol. The summed E-state index contributed by atoms with van der Waals surface area (Å²) >= 11 is 0. The minimum absolute atomic E-state index is 0.0259. The second kappa shape index (κ2) is 14.6. The Labute approximate surface area is 294 Å². The molecule has 1 aliphatic heterocycles. The van der Waals surface area contributed by atoms with E-state index in [9.17, 15) is 23.2 Å². The maximum absolute atomic E-state index is 15.0. The Morgan fingerprint density at radius 2 is 1.61 bits per heavy atom. The van der Waals surface area contributed by atoms with Gasteiger partial charge < -0.3 is 35.1 Å². The van der Waals surface area contributed by atoms with Crippen molar-refractivity contribution >= 4 is 29.4 Å². The van der Waals surface area contributed by atoms with Gasteiger partial charge in [-0.2, -0.15) is 0 Å². The number of carbonyl (C=O) groups excluding carboxylic acids is 3. The standard InChI is InChI=1S/C37H40F2N6O6/c1-8-40-34(47)37(5,44-35(48)51-36(2,3)4)22-13-15-23(16-14-22)41-32-30-27(42-31(43-32)29-25(38)10-9-11-26(29)39)20-45(33(30)46)19-21-12-17-24(49-6)18-28(21)50-7/h9-18H,8,19-20H2,1-7H3,(H,40,47)(H,44,48)(H,41,42,43). The molecule has 12 nitrogen and oxygen atoms in total. The first kappa shape index (κ1) is 36.5. The normalized spacial score (nSPS) is 13.6. The Hall–Kier alpha value is -5.79. The van der Waals surface area contributed by atoms with Crippen molar-refractivity contribution in [3.05, 3.63) is 94.7 Å². The molecule has 0 radical (unpaired) electrons. The molecule has 5 rings (SSSR count). The van der Waals surface area contributed by atoms with E-state index < -0.39 is 46.2 Å². The lowest BCUT2D eigenvalue weighted by Gasteiger charge is -2.31. The van der Waals surface area contributed by atoms with Crippen molar-refractivity contribution in [3.8, 4) is 22.9 Å². The number of methoxy groups -OCH3 is 2. The fourth-order valence-electron chi connectivity index (χ4n) is 5.62. The molecule has 14 heteroatoms. The Kier molecular flexibility index (Phi) is 10.4. The van der Waals surface area contributed by atoms with E-state index in [2.05, 4.69) is 25.9 Å². The summed E-state index contributed by atoms with van der Waals surface area (Å²) in [6, 6.07) is 15.2. The van der Waals surface area contributed by atoms with Crippen LogP contribution in [0.4, 0.5) is 25.1 Å². The van der Waals surface area contributed by atoms with Crippen LogP contribution in [0.25, 0.3) is 11.4 Å². The number of amides is 3.